The van der Waals surface area contributed by atoms with E-state index < -0.39 is 0 Å². The molecule has 1 aliphatic carbocycles. The Morgan fingerprint density at radius 3 is 2.45 bits per heavy atom. The largest absolute Gasteiger partial charge is 0.508 e. The number of nitrogens with zero attached hydrogens (tertiary/aromatic N) is 3. The van der Waals surface area contributed by atoms with Gasteiger partial charge in [0.2, 0.25) is 0 Å². The van der Waals surface area contributed by atoms with Crippen LogP contribution in [0, 0.1) is 0 Å². The number of amides is 2. The maximum absolute atomic E-state index is 12.7. The average Bonchev–Trinajstić information content (AvgIpc) is 3.51. The monoisotopic (exact) mass is 483 g/mol. The summed E-state index contributed by atoms with van der Waals surface area (Å²) in [6.07, 6.45) is 2.60. The fraction of sp³-hybridized carbons (Fsp3) is 0.273. The molecule has 9 heteroatoms. The van der Waals surface area contributed by atoms with Crippen LogP contribution in [-0.2, 0) is 0 Å². The molecule has 0 aliphatic heterocycles. The van der Waals surface area contributed by atoms with Gasteiger partial charge in [-0.2, -0.15) is 0 Å². The smallest absolute Gasteiger partial charge is 0.273 e. The summed E-state index contributed by atoms with van der Waals surface area (Å²) in [6, 6.07) is 13.9. The molecule has 1 aliphatic rings. The van der Waals surface area contributed by atoms with Crippen molar-refractivity contribution in [3.8, 4) is 11.4 Å². The van der Waals surface area contributed by atoms with E-state index in [1.165, 1.54) is 12.1 Å². The zero-order valence-corrected chi connectivity index (χ0v) is 18.3. The quantitative estimate of drug-likeness (QED) is 0.426. The van der Waals surface area contributed by atoms with Crippen molar-refractivity contribution in [2.75, 3.05) is 13.1 Å². The predicted molar refractivity (Wildman–Crippen MR) is 118 cm³/mol. The lowest BCUT2D eigenvalue weighted by Gasteiger charge is -2.08. The standard InChI is InChI=1S/C22H22BrN5O3/c23-16-7-9-17(10-8-16)28-20(14-5-6-14)19(26-27-28)22(31)25-12-2-11-24-21(30)15-3-1-4-18(29)13-15/h1,3-4,7-10,13-14,29H,2,5-6,11-12H2,(H,24,30)(H,25,31). The second-order valence-electron chi connectivity index (χ2n) is 7.40. The van der Waals surface area contributed by atoms with E-state index >= 15 is 0 Å². The Hall–Kier alpha value is -3.20. The number of halogens is 1. The molecule has 1 saturated carbocycles. The lowest BCUT2D eigenvalue weighted by Crippen LogP contribution is -2.30. The molecule has 31 heavy (non-hydrogen) atoms. The summed E-state index contributed by atoms with van der Waals surface area (Å²) in [7, 11) is 0. The minimum Gasteiger partial charge on any atom is -0.508 e. The summed E-state index contributed by atoms with van der Waals surface area (Å²) >= 11 is 3.43. The molecule has 1 heterocycles. The summed E-state index contributed by atoms with van der Waals surface area (Å²) in [4.78, 5) is 24.8. The van der Waals surface area contributed by atoms with Crippen LogP contribution in [0.15, 0.2) is 53.0 Å². The van der Waals surface area contributed by atoms with E-state index in [0.29, 0.717) is 36.7 Å². The van der Waals surface area contributed by atoms with Gasteiger partial charge in [-0.05, 0) is 61.7 Å². The zero-order valence-electron chi connectivity index (χ0n) is 16.7. The fourth-order valence-electron chi connectivity index (χ4n) is 3.27. The van der Waals surface area contributed by atoms with Gasteiger partial charge in [-0.1, -0.05) is 27.2 Å². The van der Waals surface area contributed by atoms with Crippen molar-refractivity contribution in [2.45, 2.75) is 25.2 Å². The molecule has 0 unspecified atom stereocenters. The van der Waals surface area contributed by atoms with E-state index in [1.54, 1.807) is 16.8 Å². The lowest BCUT2D eigenvalue weighted by atomic mass is 10.2. The van der Waals surface area contributed by atoms with Crippen molar-refractivity contribution in [3.05, 3.63) is 70.0 Å². The Morgan fingerprint density at radius 1 is 1.06 bits per heavy atom. The second kappa shape index (κ2) is 9.30. The van der Waals surface area contributed by atoms with Crippen LogP contribution >= 0.6 is 15.9 Å². The van der Waals surface area contributed by atoms with Crippen LogP contribution in [-0.4, -0.2) is 45.0 Å². The average molecular weight is 484 g/mol. The molecular weight excluding hydrogens is 462 g/mol. The van der Waals surface area contributed by atoms with Crippen LogP contribution in [0.25, 0.3) is 5.69 Å². The molecule has 3 N–H and O–H groups in total. The summed E-state index contributed by atoms with van der Waals surface area (Å²) in [5.41, 5.74) is 2.46. The number of hydrogen-bond acceptors (Lipinski definition) is 5. The van der Waals surface area contributed by atoms with Crippen molar-refractivity contribution in [1.29, 1.82) is 0 Å². The van der Waals surface area contributed by atoms with Crippen LogP contribution in [0.3, 0.4) is 0 Å². The van der Waals surface area contributed by atoms with E-state index in [4.69, 9.17) is 0 Å². The number of hydrogen-bond donors (Lipinski definition) is 3. The van der Waals surface area contributed by atoms with Gasteiger partial charge in [0.05, 0.1) is 11.4 Å². The van der Waals surface area contributed by atoms with Crippen molar-refractivity contribution < 1.29 is 14.7 Å². The molecule has 4 rings (SSSR count). The SMILES string of the molecule is O=C(NCCCNC(=O)c1nnn(-c2ccc(Br)cc2)c1C1CC1)c1cccc(O)c1. The number of rotatable bonds is 8. The second-order valence-corrected chi connectivity index (χ2v) is 8.32. The number of carbonyl (C=O) groups excluding carboxylic acids is 2. The highest BCUT2D eigenvalue weighted by atomic mass is 79.9. The highest BCUT2D eigenvalue weighted by Gasteiger charge is 2.34. The third kappa shape index (κ3) is 5.11. The minimum atomic E-state index is -0.268. The topological polar surface area (TPSA) is 109 Å². The Balaban J connectivity index is 1.32. The Labute approximate surface area is 187 Å². The highest BCUT2D eigenvalue weighted by molar-refractivity contribution is 9.10. The van der Waals surface area contributed by atoms with Gasteiger partial charge < -0.3 is 15.7 Å². The number of phenols is 1. The van der Waals surface area contributed by atoms with E-state index in [0.717, 1.165) is 28.7 Å². The van der Waals surface area contributed by atoms with Gasteiger partial charge in [0.25, 0.3) is 11.8 Å². The Morgan fingerprint density at radius 2 is 1.77 bits per heavy atom. The molecule has 0 saturated heterocycles. The first kappa shape index (κ1) is 21.0. The summed E-state index contributed by atoms with van der Waals surface area (Å²) in [5, 5.41) is 23.5. The van der Waals surface area contributed by atoms with Crippen molar-refractivity contribution in [3.63, 3.8) is 0 Å². The normalized spacial score (nSPS) is 13.1. The molecule has 2 amide bonds. The first-order valence-electron chi connectivity index (χ1n) is 10.1. The lowest BCUT2D eigenvalue weighted by molar-refractivity contribution is 0.0946. The van der Waals surface area contributed by atoms with Crippen LogP contribution in [0.1, 0.15) is 51.7 Å². The number of carbonyl (C=O) groups is 2. The predicted octanol–water partition coefficient (Wildman–Crippen LogP) is 3.16. The molecule has 0 radical (unpaired) electrons. The molecule has 8 nitrogen and oxygen atoms in total. The fourth-order valence-corrected chi connectivity index (χ4v) is 3.54. The minimum absolute atomic E-state index is 0.0440. The molecule has 1 aromatic heterocycles. The van der Waals surface area contributed by atoms with Gasteiger partial charge in [0.15, 0.2) is 5.69 Å². The molecule has 0 bridgehead atoms. The van der Waals surface area contributed by atoms with Gasteiger partial charge in [0, 0.05) is 29.0 Å². The van der Waals surface area contributed by atoms with Crippen LogP contribution in [0.2, 0.25) is 0 Å². The summed E-state index contributed by atoms with van der Waals surface area (Å²) in [6.45, 7) is 0.796. The Bertz CT molecular complexity index is 1090. The molecule has 160 valence electrons. The number of aromatic nitrogens is 3. The molecule has 2 aromatic carbocycles. The maximum Gasteiger partial charge on any atom is 0.273 e. The van der Waals surface area contributed by atoms with Gasteiger partial charge in [0.1, 0.15) is 5.75 Å². The molecular formula is C22H22BrN5O3. The van der Waals surface area contributed by atoms with E-state index in [1.807, 2.05) is 24.3 Å². The first-order chi connectivity index (χ1) is 15.0. The van der Waals surface area contributed by atoms with E-state index in [2.05, 4.69) is 36.9 Å². The summed E-state index contributed by atoms with van der Waals surface area (Å²) < 4.78 is 2.72. The highest BCUT2D eigenvalue weighted by Crippen LogP contribution is 2.42. The Kier molecular flexibility index (Phi) is 6.31. The van der Waals surface area contributed by atoms with Crippen LogP contribution in [0.4, 0.5) is 0 Å². The molecule has 0 spiro atoms. The van der Waals surface area contributed by atoms with Crippen molar-refractivity contribution >= 4 is 27.7 Å². The number of aromatic hydroxyl groups is 1. The molecule has 0 atom stereocenters. The van der Waals surface area contributed by atoms with Gasteiger partial charge in [-0.15, -0.1) is 5.10 Å². The summed E-state index contributed by atoms with van der Waals surface area (Å²) in [5.74, 6) is -0.191. The van der Waals surface area contributed by atoms with Gasteiger partial charge in [-0.25, -0.2) is 4.68 Å². The van der Waals surface area contributed by atoms with Crippen LogP contribution < -0.4 is 10.6 Å². The third-order valence-electron chi connectivity index (χ3n) is 4.99. The van der Waals surface area contributed by atoms with Gasteiger partial charge >= 0.3 is 0 Å². The van der Waals surface area contributed by atoms with E-state index in [-0.39, 0.29) is 17.6 Å². The number of nitrogens with one attached hydrogen (secondary N) is 2. The maximum atomic E-state index is 12.7. The molecule has 1 fully saturated rings. The first-order valence-corrected chi connectivity index (χ1v) is 10.9. The zero-order chi connectivity index (χ0) is 21.8. The number of benzene rings is 2. The van der Waals surface area contributed by atoms with E-state index in [9.17, 15) is 14.7 Å². The molecule has 3 aromatic rings. The van der Waals surface area contributed by atoms with Crippen LogP contribution in [0.5, 0.6) is 5.75 Å². The third-order valence-corrected chi connectivity index (χ3v) is 5.52. The number of phenolic OH excluding ortho intramolecular Hbond substituents is 1. The van der Waals surface area contributed by atoms with Crippen molar-refractivity contribution in [1.82, 2.24) is 25.6 Å². The van der Waals surface area contributed by atoms with Gasteiger partial charge in [-0.3, -0.25) is 9.59 Å². The van der Waals surface area contributed by atoms with Crippen molar-refractivity contribution in [2.24, 2.45) is 0 Å².